The van der Waals surface area contributed by atoms with Crippen molar-refractivity contribution in [1.82, 2.24) is 15.0 Å². The third-order valence-corrected chi connectivity index (χ3v) is 4.70. The van der Waals surface area contributed by atoms with Gasteiger partial charge in [-0.05, 0) is 42.5 Å². The van der Waals surface area contributed by atoms with Crippen molar-refractivity contribution < 1.29 is 9.53 Å². The predicted octanol–water partition coefficient (Wildman–Crippen LogP) is 4.32. The first-order valence-electron chi connectivity index (χ1n) is 8.92. The molecular formula is C22H17BrN4O2. The second kappa shape index (κ2) is 8.70. The fourth-order valence-electron chi connectivity index (χ4n) is 2.90. The topological polar surface area (TPSA) is 68.5 Å². The monoisotopic (exact) mass is 448 g/mol. The number of nitrogens with one attached hydrogen (secondary N) is 1. The van der Waals surface area contributed by atoms with Crippen LogP contribution in [0.2, 0.25) is 0 Å². The molecule has 144 valence electrons. The molecule has 0 saturated carbocycles. The summed E-state index contributed by atoms with van der Waals surface area (Å²) in [6.07, 6.45) is 5.22. The lowest BCUT2D eigenvalue weighted by Crippen LogP contribution is -2.24. The van der Waals surface area contributed by atoms with Gasteiger partial charge in [-0.25, -0.2) is 5.43 Å². The number of carbonyl (C=O) groups is 1. The molecule has 29 heavy (non-hydrogen) atoms. The Morgan fingerprint density at radius 3 is 2.90 bits per heavy atom. The quantitative estimate of drug-likeness (QED) is 0.352. The summed E-state index contributed by atoms with van der Waals surface area (Å²) in [5, 5.41) is 5.00. The van der Waals surface area contributed by atoms with Gasteiger partial charge in [-0.2, -0.15) is 5.10 Å². The molecule has 0 saturated heterocycles. The molecule has 2 aromatic heterocycles. The van der Waals surface area contributed by atoms with E-state index in [1.807, 2.05) is 71.4 Å². The van der Waals surface area contributed by atoms with Crippen molar-refractivity contribution in [2.24, 2.45) is 5.10 Å². The Balaban J connectivity index is 1.38. The van der Waals surface area contributed by atoms with Crippen molar-refractivity contribution in [3.63, 3.8) is 0 Å². The summed E-state index contributed by atoms with van der Waals surface area (Å²) < 4.78 is 8.57. The molecule has 2 aromatic carbocycles. The Bertz CT molecular complexity index is 1180. The van der Waals surface area contributed by atoms with E-state index >= 15 is 0 Å². The number of pyridine rings is 1. The zero-order valence-electron chi connectivity index (χ0n) is 15.3. The first-order valence-corrected chi connectivity index (χ1v) is 9.72. The van der Waals surface area contributed by atoms with E-state index in [9.17, 15) is 4.79 Å². The highest BCUT2D eigenvalue weighted by Gasteiger charge is 2.06. The Hall–Kier alpha value is -3.45. The number of halogens is 1. The zero-order chi connectivity index (χ0) is 20.1. The molecule has 4 aromatic rings. The Kier molecular flexibility index (Phi) is 5.67. The molecule has 1 amide bonds. The van der Waals surface area contributed by atoms with E-state index in [4.69, 9.17) is 4.74 Å². The number of amides is 1. The van der Waals surface area contributed by atoms with E-state index in [1.54, 1.807) is 18.5 Å². The number of rotatable bonds is 6. The maximum atomic E-state index is 12.1. The van der Waals surface area contributed by atoms with Crippen LogP contribution in [0.3, 0.4) is 0 Å². The number of hydrogen-bond acceptors (Lipinski definition) is 4. The van der Waals surface area contributed by atoms with Crippen LogP contribution in [0.25, 0.3) is 16.6 Å². The average molecular weight is 449 g/mol. The fraction of sp³-hybridized carbons (Fsp3) is 0.0455. The average Bonchev–Trinajstić information content (AvgIpc) is 3.21. The maximum Gasteiger partial charge on any atom is 0.277 e. The highest BCUT2D eigenvalue weighted by Crippen LogP contribution is 2.22. The van der Waals surface area contributed by atoms with E-state index in [-0.39, 0.29) is 12.5 Å². The third kappa shape index (κ3) is 4.52. The second-order valence-corrected chi connectivity index (χ2v) is 7.11. The largest absolute Gasteiger partial charge is 0.481 e. The van der Waals surface area contributed by atoms with Gasteiger partial charge in [0, 0.05) is 27.9 Å². The van der Waals surface area contributed by atoms with Crippen molar-refractivity contribution in [2.75, 3.05) is 6.61 Å². The van der Waals surface area contributed by atoms with Crippen LogP contribution < -0.4 is 10.2 Å². The number of para-hydroxylation sites is 1. The lowest BCUT2D eigenvalue weighted by atomic mass is 10.2. The first-order chi connectivity index (χ1) is 14.2. The highest BCUT2D eigenvalue weighted by molar-refractivity contribution is 9.10. The minimum Gasteiger partial charge on any atom is -0.481 e. The first kappa shape index (κ1) is 18.9. The molecule has 2 heterocycles. The van der Waals surface area contributed by atoms with Crippen LogP contribution in [0.15, 0.2) is 88.7 Å². The third-order valence-electron chi connectivity index (χ3n) is 4.21. The van der Waals surface area contributed by atoms with Crippen molar-refractivity contribution >= 4 is 39.0 Å². The van der Waals surface area contributed by atoms with Crippen molar-refractivity contribution in [2.45, 2.75) is 0 Å². The van der Waals surface area contributed by atoms with Gasteiger partial charge in [0.25, 0.3) is 5.91 Å². The number of aromatic nitrogens is 2. The van der Waals surface area contributed by atoms with Gasteiger partial charge in [0.1, 0.15) is 11.3 Å². The summed E-state index contributed by atoms with van der Waals surface area (Å²) in [6, 6.07) is 21.2. The van der Waals surface area contributed by atoms with Gasteiger partial charge in [-0.1, -0.05) is 40.2 Å². The normalized spacial score (nSPS) is 11.1. The van der Waals surface area contributed by atoms with Gasteiger partial charge in [0.2, 0.25) is 0 Å². The van der Waals surface area contributed by atoms with Gasteiger partial charge in [0.05, 0.1) is 11.9 Å². The Labute approximate surface area is 176 Å². The Morgan fingerprint density at radius 2 is 2.00 bits per heavy atom. The van der Waals surface area contributed by atoms with E-state index in [0.717, 1.165) is 26.8 Å². The number of hydrazone groups is 1. The van der Waals surface area contributed by atoms with Crippen molar-refractivity contribution in [1.29, 1.82) is 0 Å². The van der Waals surface area contributed by atoms with Crippen LogP contribution in [-0.2, 0) is 4.79 Å². The highest BCUT2D eigenvalue weighted by atomic mass is 79.9. The number of hydrogen-bond donors (Lipinski definition) is 1. The van der Waals surface area contributed by atoms with Crippen molar-refractivity contribution in [3.05, 3.63) is 89.3 Å². The molecule has 7 heteroatoms. The smallest absolute Gasteiger partial charge is 0.277 e. The molecule has 0 fully saturated rings. The molecule has 4 rings (SSSR count). The molecule has 0 atom stereocenters. The van der Waals surface area contributed by atoms with Gasteiger partial charge in [-0.15, -0.1) is 0 Å². The SMILES string of the molecule is O=C(COc1cccc2cccnc12)N/N=C\c1cccn1-c1cccc(Br)c1. The second-order valence-electron chi connectivity index (χ2n) is 6.20. The lowest BCUT2D eigenvalue weighted by molar-refractivity contribution is -0.123. The zero-order valence-corrected chi connectivity index (χ0v) is 16.9. The number of carbonyl (C=O) groups excluding carboxylic acids is 1. The molecular weight excluding hydrogens is 432 g/mol. The minimum atomic E-state index is -0.352. The molecule has 0 aliphatic heterocycles. The van der Waals surface area contributed by atoms with Crippen molar-refractivity contribution in [3.8, 4) is 11.4 Å². The van der Waals surface area contributed by atoms with Crippen LogP contribution in [-0.4, -0.2) is 28.3 Å². The number of benzene rings is 2. The summed E-state index contributed by atoms with van der Waals surface area (Å²) in [5.74, 6) is 0.209. The maximum absolute atomic E-state index is 12.1. The predicted molar refractivity (Wildman–Crippen MR) is 116 cm³/mol. The molecule has 0 unspecified atom stereocenters. The van der Waals surface area contributed by atoms with E-state index < -0.39 is 0 Å². The summed E-state index contributed by atoms with van der Waals surface area (Å²) in [7, 11) is 0. The fourth-order valence-corrected chi connectivity index (χ4v) is 3.29. The molecule has 0 aliphatic carbocycles. The summed E-state index contributed by atoms with van der Waals surface area (Å²) in [5.41, 5.74) is 5.04. The summed E-state index contributed by atoms with van der Waals surface area (Å²) in [4.78, 5) is 16.4. The molecule has 0 spiro atoms. The van der Waals surface area contributed by atoms with Crippen LogP contribution in [0.1, 0.15) is 5.69 Å². The van der Waals surface area contributed by atoms with Crippen LogP contribution in [0.4, 0.5) is 0 Å². The number of ether oxygens (including phenoxy) is 1. The summed E-state index contributed by atoms with van der Waals surface area (Å²) in [6.45, 7) is -0.153. The van der Waals surface area contributed by atoms with Gasteiger partial charge in [-0.3, -0.25) is 9.78 Å². The van der Waals surface area contributed by atoms with Gasteiger partial charge < -0.3 is 9.30 Å². The molecule has 1 N–H and O–H groups in total. The van der Waals surface area contributed by atoms with Crippen LogP contribution in [0.5, 0.6) is 5.75 Å². The molecule has 0 bridgehead atoms. The summed E-state index contributed by atoms with van der Waals surface area (Å²) >= 11 is 3.47. The number of nitrogens with zero attached hydrogens (tertiary/aromatic N) is 3. The Morgan fingerprint density at radius 1 is 1.14 bits per heavy atom. The van der Waals surface area contributed by atoms with E-state index in [0.29, 0.717) is 5.75 Å². The van der Waals surface area contributed by atoms with Crippen LogP contribution >= 0.6 is 15.9 Å². The molecule has 0 aliphatic rings. The molecule has 0 radical (unpaired) electrons. The molecule has 6 nitrogen and oxygen atoms in total. The van der Waals surface area contributed by atoms with Gasteiger partial charge in [0.15, 0.2) is 6.61 Å². The van der Waals surface area contributed by atoms with Gasteiger partial charge >= 0.3 is 0 Å². The number of fused-ring (bicyclic) bond motifs is 1. The lowest BCUT2D eigenvalue weighted by Gasteiger charge is -2.08. The minimum absolute atomic E-state index is 0.153. The standard InChI is InChI=1S/C22H17BrN4O2/c23-17-7-2-8-18(13-17)27-12-4-9-19(27)14-25-26-21(28)15-29-20-10-1-5-16-6-3-11-24-22(16)20/h1-14H,15H2,(H,26,28)/b25-14-. The van der Waals surface area contributed by atoms with E-state index in [2.05, 4.69) is 31.4 Å². The van der Waals surface area contributed by atoms with E-state index in [1.165, 1.54) is 0 Å². The van der Waals surface area contributed by atoms with Crippen LogP contribution in [0, 0.1) is 0 Å².